The number of likely N-dealkylation sites (tertiary alicyclic amines) is 1. The van der Waals surface area contributed by atoms with Crippen molar-refractivity contribution in [3.8, 4) is 0 Å². The normalized spacial score (nSPS) is 25.3. The summed E-state index contributed by atoms with van der Waals surface area (Å²) < 4.78 is 0. The van der Waals surface area contributed by atoms with Crippen LogP contribution < -0.4 is 5.32 Å². The van der Waals surface area contributed by atoms with E-state index in [-0.39, 0.29) is 0 Å². The van der Waals surface area contributed by atoms with E-state index in [1.807, 2.05) is 0 Å². The molecule has 0 spiro atoms. The second kappa shape index (κ2) is 6.55. The van der Waals surface area contributed by atoms with Gasteiger partial charge >= 0.3 is 0 Å². The van der Waals surface area contributed by atoms with Gasteiger partial charge in [-0.3, -0.25) is 4.79 Å². The monoisotopic (exact) mass is 252 g/mol. The van der Waals surface area contributed by atoms with Crippen LogP contribution in [0.5, 0.6) is 0 Å². The van der Waals surface area contributed by atoms with E-state index in [2.05, 4.69) is 24.1 Å². The first-order valence-corrected chi connectivity index (χ1v) is 7.66. The highest BCUT2D eigenvalue weighted by Crippen LogP contribution is 2.30. The van der Waals surface area contributed by atoms with Crippen LogP contribution >= 0.6 is 0 Å². The third-order valence-corrected chi connectivity index (χ3v) is 4.37. The van der Waals surface area contributed by atoms with Crippen molar-refractivity contribution in [2.75, 3.05) is 19.6 Å². The average Bonchev–Trinajstić information content (AvgIpc) is 2.31. The Balaban J connectivity index is 1.72. The quantitative estimate of drug-likeness (QED) is 0.815. The van der Waals surface area contributed by atoms with Crippen molar-refractivity contribution in [1.82, 2.24) is 10.2 Å². The van der Waals surface area contributed by atoms with E-state index in [4.69, 9.17) is 0 Å². The summed E-state index contributed by atoms with van der Waals surface area (Å²) in [6, 6.07) is 0.547. The van der Waals surface area contributed by atoms with Crippen LogP contribution in [-0.4, -0.2) is 36.5 Å². The molecule has 1 saturated heterocycles. The molecule has 2 aliphatic rings. The molecule has 1 amide bonds. The number of hydrogen-bond acceptors (Lipinski definition) is 2. The molecule has 0 radical (unpaired) electrons. The minimum Gasteiger partial charge on any atom is -0.342 e. The number of nitrogens with zero attached hydrogens (tertiary/aromatic N) is 1. The average molecular weight is 252 g/mol. The molecule has 3 nitrogen and oxygen atoms in total. The molecule has 1 heterocycles. The molecule has 104 valence electrons. The first-order valence-electron chi connectivity index (χ1n) is 7.66. The molecular formula is C15H28N2O. The van der Waals surface area contributed by atoms with Crippen LogP contribution in [0.3, 0.4) is 0 Å². The fraction of sp³-hybridized carbons (Fsp3) is 0.933. The molecule has 0 aromatic heterocycles. The Bertz CT molecular complexity index is 274. The zero-order valence-electron chi connectivity index (χ0n) is 12.0. The van der Waals surface area contributed by atoms with E-state index in [1.54, 1.807) is 0 Å². The Hall–Kier alpha value is -0.570. The molecule has 1 aliphatic carbocycles. The maximum atomic E-state index is 12.2. The molecule has 18 heavy (non-hydrogen) atoms. The summed E-state index contributed by atoms with van der Waals surface area (Å²) in [6.07, 6.45) is 7.15. The number of rotatable bonds is 5. The number of piperidine rings is 1. The van der Waals surface area contributed by atoms with Crippen molar-refractivity contribution in [1.29, 1.82) is 0 Å². The Labute approximate surface area is 111 Å². The third-order valence-electron chi connectivity index (χ3n) is 4.37. The van der Waals surface area contributed by atoms with Gasteiger partial charge in [-0.25, -0.2) is 0 Å². The molecule has 3 heteroatoms. The Morgan fingerprint density at radius 2 is 1.94 bits per heavy atom. The number of carbonyl (C=O) groups excluding carboxylic acids is 1. The third kappa shape index (κ3) is 3.98. The SMILES string of the molecule is CC(C)NCC1CCCN(C(=O)CC2CCC2)C1. The van der Waals surface area contributed by atoms with Gasteiger partial charge in [-0.15, -0.1) is 0 Å². The summed E-state index contributed by atoms with van der Waals surface area (Å²) in [5.74, 6) is 1.77. The molecule has 0 aromatic rings. The van der Waals surface area contributed by atoms with Gasteiger partial charge in [0.2, 0.25) is 5.91 Å². The predicted octanol–water partition coefficient (Wildman–Crippen LogP) is 2.41. The van der Waals surface area contributed by atoms with Crippen molar-refractivity contribution in [3.63, 3.8) is 0 Å². The zero-order chi connectivity index (χ0) is 13.0. The van der Waals surface area contributed by atoms with Crippen LogP contribution in [0, 0.1) is 11.8 Å². The molecule has 1 aliphatic heterocycles. The molecule has 1 unspecified atom stereocenters. The van der Waals surface area contributed by atoms with Crippen LogP contribution in [0.15, 0.2) is 0 Å². The molecule has 0 aromatic carbocycles. The Morgan fingerprint density at radius 1 is 1.22 bits per heavy atom. The Kier molecular flexibility index (Phi) is 5.04. The number of nitrogens with one attached hydrogen (secondary N) is 1. The summed E-state index contributed by atoms with van der Waals surface area (Å²) in [4.78, 5) is 14.3. The molecule has 1 N–H and O–H groups in total. The van der Waals surface area contributed by atoms with Gasteiger partial charge in [0.05, 0.1) is 0 Å². The van der Waals surface area contributed by atoms with Gasteiger partial charge in [0, 0.05) is 25.6 Å². The molecule has 2 fully saturated rings. The van der Waals surface area contributed by atoms with Crippen molar-refractivity contribution >= 4 is 5.91 Å². The Morgan fingerprint density at radius 3 is 2.56 bits per heavy atom. The second-order valence-corrected chi connectivity index (χ2v) is 6.41. The summed E-state index contributed by atoms with van der Waals surface area (Å²) >= 11 is 0. The summed E-state index contributed by atoms with van der Waals surface area (Å²) in [7, 11) is 0. The highest BCUT2D eigenvalue weighted by molar-refractivity contribution is 5.76. The van der Waals surface area contributed by atoms with Crippen LogP contribution in [-0.2, 0) is 4.79 Å². The molecular weight excluding hydrogens is 224 g/mol. The highest BCUT2D eigenvalue weighted by Gasteiger charge is 2.27. The highest BCUT2D eigenvalue weighted by atomic mass is 16.2. The van der Waals surface area contributed by atoms with Crippen molar-refractivity contribution < 1.29 is 4.79 Å². The fourth-order valence-corrected chi connectivity index (χ4v) is 2.93. The van der Waals surface area contributed by atoms with E-state index >= 15 is 0 Å². The van der Waals surface area contributed by atoms with E-state index < -0.39 is 0 Å². The lowest BCUT2D eigenvalue weighted by Gasteiger charge is -2.35. The van der Waals surface area contributed by atoms with Gasteiger partial charge in [0.25, 0.3) is 0 Å². The van der Waals surface area contributed by atoms with Gasteiger partial charge in [0.15, 0.2) is 0 Å². The summed E-state index contributed by atoms with van der Waals surface area (Å²) in [5.41, 5.74) is 0. The minimum atomic E-state index is 0.411. The number of carbonyl (C=O) groups is 1. The van der Waals surface area contributed by atoms with Gasteiger partial charge < -0.3 is 10.2 Å². The largest absolute Gasteiger partial charge is 0.342 e. The van der Waals surface area contributed by atoms with E-state index in [0.717, 1.165) is 26.1 Å². The summed E-state index contributed by atoms with van der Waals surface area (Å²) in [5, 5.41) is 3.50. The smallest absolute Gasteiger partial charge is 0.222 e. The van der Waals surface area contributed by atoms with Gasteiger partial charge in [-0.05, 0) is 44.1 Å². The first-order chi connectivity index (χ1) is 8.65. The van der Waals surface area contributed by atoms with E-state index in [1.165, 1.54) is 32.1 Å². The lowest BCUT2D eigenvalue weighted by Crippen LogP contribution is -2.44. The van der Waals surface area contributed by atoms with Crippen LogP contribution in [0.1, 0.15) is 52.4 Å². The van der Waals surface area contributed by atoms with Crippen molar-refractivity contribution in [2.24, 2.45) is 11.8 Å². The van der Waals surface area contributed by atoms with Crippen LogP contribution in [0.4, 0.5) is 0 Å². The van der Waals surface area contributed by atoms with E-state index in [9.17, 15) is 4.79 Å². The summed E-state index contributed by atoms with van der Waals surface area (Å²) in [6.45, 7) is 7.39. The molecule has 1 saturated carbocycles. The van der Waals surface area contributed by atoms with Gasteiger partial charge in [-0.2, -0.15) is 0 Å². The first kappa shape index (κ1) is 13.9. The van der Waals surface area contributed by atoms with E-state index in [0.29, 0.717) is 23.8 Å². The van der Waals surface area contributed by atoms with Crippen LogP contribution in [0.25, 0.3) is 0 Å². The molecule has 0 bridgehead atoms. The second-order valence-electron chi connectivity index (χ2n) is 6.41. The van der Waals surface area contributed by atoms with Crippen molar-refractivity contribution in [2.45, 2.75) is 58.4 Å². The topological polar surface area (TPSA) is 32.3 Å². The zero-order valence-corrected chi connectivity index (χ0v) is 12.0. The maximum absolute atomic E-state index is 12.2. The molecule has 1 atom stereocenters. The number of amides is 1. The fourth-order valence-electron chi connectivity index (χ4n) is 2.93. The number of hydrogen-bond donors (Lipinski definition) is 1. The van der Waals surface area contributed by atoms with Crippen molar-refractivity contribution in [3.05, 3.63) is 0 Å². The minimum absolute atomic E-state index is 0.411. The van der Waals surface area contributed by atoms with Crippen LogP contribution in [0.2, 0.25) is 0 Å². The maximum Gasteiger partial charge on any atom is 0.222 e. The lowest BCUT2D eigenvalue weighted by atomic mass is 9.82. The predicted molar refractivity (Wildman–Crippen MR) is 74.4 cm³/mol. The lowest BCUT2D eigenvalue weighted by molar-refractivity contribution is -0.134. The molecule has 2 rings (SSSR count). The standard InChI is InChI=1S/C15H28N2O/c1-12(2)16-10-14-7-4-8-17(11-14)15(18)9-13-5-3-6-13/h12-14,16H,3-11H2,1-2H3. The van der Waals surface area contributed by atoms with Gasteiger partial charge in [-0.1, -0.05) is 20.3 Å². The van der Waals surface area contributed by atoms with Gasteiger partial charge in [0.1, 0.15) is 0 Å².